The molecular weight excluding hydrogens is 545 g/mol. The number of hydrogen-bond acceptors (Lipinski definition) is 6. The van der Waals surface area contributed by atoms with Crippen molar-refractivity contribution in [3.05, 3.63) is 58.9 Å². The molecule has 0 aliphatic rings. The molecule has 0 unspecified atom stereocenters. The topological polar surface area (TPSA) is 85.0 Å². The Morgan fingerprint density at radius 2 is 2.00 bits per heavy atom. The number of hydrogen-bond donors (Lipinski definition) is 1. The van der Waals surface area contributed by atoms with Gasteiger partial charge in [0, 0.05) is 55.8 Å². The summed E-state index contributed by atoms with van der Waals surface area (Å²) in [6.07, 6.45) is 0.562. The fraction of sp³-hybridized carbons (Fsp3) is 0.318. The van der Waals surface area contributed by atoms with Crippen LogP contribution in [-0.4, -0.2) is 55.9 Å². The molecule has 172 valence electrons. The molecule has 0 saturated carbocycles. The Morgan fingerprint density at radius 3 is 2.69 bits per heavy atom. The van der Waals surface area contributed by atoms with E-state index in [2.05, 4.69) is 20.4 Å². The van der Waals surface area contributed by atoms with Crippen molar-refractivity contribution in [1.29, 1.82) is 0 Å². The molecule has 0 atom stereocenters. The minimum Gasteiger partial charge on any atom is -0.497 e. The summed E-state index contributed by atoms with van der Waals surface area (Å²) in [6, 6.07) is 13.1. The molecule has 0 radical (unpaired) electrons. The lowest BCUT2D eigenvalue weighted by Gasteiger charge is -2.23. The molecule has 0 spiro atoms. The number of aromatic nitrogens is 2. The summed E-state index contributed by atoms with van der Waals surface area (Å²) >= 11 is 6.03. The number of guanidine groups is 1. The van der Waals surface area contributed by atoms with Crippen molar-refractivity contribution in [2.75, 3.05) is 34.9 Å². The second-order valence-corrected chi connectivity index (χ2v) is 7.22. The molecule has 32 heavy (non-hydrogen) atoms. The van der Waals surface area contributed by atoms with E-state index in [1.54, 1.807) is 33.4 Å². The van der Waals surface area contributed by atoms with Gasteiger partial charge in [0.25, 0.3) is 0 Å². The van der Waals surface area contributed by atoms with Crippen molar-refractivity contribution in [3.8, 4) is 22.9 Å². The number of nitrogens with zero attached hydrogens (tertiary/aromatic N) is 4. The highest BCUT2D eigenvalue weighted by atomic mass is 127. The fourth-order valence-corrected chi connectivity index (χ4v) is 3.27. The van der Waals surface area contributed by atoms with Gasteiger partial charge >= 0.3 is 0 Å². The second kappa shape index (κ2) is 12.5. The zero-order valence-corrected chi connectivity index (χ0v) is 21.5. The third-order valence-corrected chi connectivity index (χ3v) is 4.88. The van der Waals surface area contributed by atoms with Crippen molar-refractivity contribution in [2.45, 2.75) is 13.0 Å². The number of rotatable bonds is 8. The van der Waals surface area contributed by atoms with Crippen molar-refractivity contribution in [3.63, 3.8) is 0 Å². The summed E-state index contributed by atoms with van der Waals surface area (Å²) in [4.78, 5) is 10.8. The summed E-state index contributed by atoms with van der Waals surface area (Å²) in [7, 11) is 6.98. The fourth-order valence-electron chi connectivity index (χ4n) is 3.08. The van der Waals surface area contributed by atoms with Gasteiger partial charge < -0.3 is 24.2 Å². The SMILES string of the molecule is CN=C(NCCc1nc(-c2cccc(Cl)c2)no1)N(C)Cc1ccc(OC)cc1OC.I. The Balaban J connectivity index is 0.00000363. The van der Waals surface area contributed by atoms with Crippen LogP contribution in [0.15, 0.2) is 52.0 Å². The maximum absolute atomic E-state index is 6.03. The molecular formula is C22H27ClIN5O3. The Kier molecular flexibility index (Phi) is 10.0. The molecule has 1 N–H and O–H groups in total. The van der Waals surface area contributed by atoms with Crippen molar-refractivity contribution in [2.24, 2.45) is 4.99 Å². The van der Waals surface area contributed by atoms with Crippen molar-refractivity contribution in [1.82, 2.24) is 20.4 Å². The Labute approximate surface area is 210 Å². The molecule has 0 saturated heterocycles. The van der Waals surface area contributed by atoms with Crippen LogP contribution >= 0.6 is 35.6 Å². The van der Waals surface area contributed by atoms with Gasteiger partial charge in [0.05, 0.1) is 14.2 Å². The van der Waals surface area contributed by atoms with Crippen LogP contribution in [0.3, 0.4) is 0 Å². The van der Waals surface area contributed by atoms with Crippen LogP contribution in [0, 0.1) is 0 Å². The average molecular weight is 572 g/mol. The number of halogens is 2. The maximum Gasteiger partial charge on any atom is 0.228 e. The molecule has 2 aromatic carbocycles. The highest BCUT2D eigenvalue weighted by Gasteiger charge is 2.13. The van der Waals surface area contributed by atoms with Gasteiger partial charge in [-0.3, -0.25) is 4.99 Å². The minimum atomic E-state index is 0. The highest BCUT2D eigenvalue weighted by Crippen LogP contribution is 2.25. The predicted octanol–water partition coefficient (Wildman–Crippen LogP) is 4.28. The zero-order chi connectivity index (χ0) is 22.2. The van der Waals surface area contributed by atoms with Gasteiger partial charge in [-0.15, -0.1) is 24.0 Å². The quantitative estimate of drug-likeness (QED) is 0.246. The number of benzene rings is 2. The zero-order valence-electron chi connectivity index (χ0n) is 18.5. The van der Waals surface area contributed by atoms with E-state index < -0.39 is 0 Å². The van der Waals surface area contributed by atoms with E-state index in [1.807, 2.05) is 42.3 Å². The van der Waals surface area contributed by atoms with Gasteiger partial charge in [0.15, 0.2) is 5.96 Å². The third-order valence-electron chi connectivity index (χ3n) is 4.65. The van der Waals surface area contributed by atoms with Crippen LogP contribution in [0.5, 0.6) is 11.5 Å². The number of methoxy groups -OCH3 is 2. The Morgan fingerprint density at radius 1 is 1.19 bits per heavy atom. The first-order valence-electron chi connectivity index (χ1n) is 9.75. The van der Waals surface area contributed by atoms with Gasteiger partial charge in [-0.1, -0.05) is 28.9 Å². The Hall–Kier alpha value is -2.53. The molecule has 3 aromatic rings. The lowest BCUT2D eigenvalue weighted by atomic mass is 10.2. The molecule has 8 nitrogen and oxygen atoms in total. The van der Waals surface area contributed by atoms with Crippen LogP contribution in [0.4, 0.5) is 0 Å². The van der Waals surface area contributed by atoms with Crippen molar-refractivity contribution >= 4 is 41.5 Å². The van der Waals surface area contributed by atoms with Crippen LogP contribution in [-0.2, 0) is 13.0 Å². The van der Waals surface area contributed by atoms with Gasteiger partial charge in [-0.05, 0) is 24.3 Å². The standard InChI is InChI=1S/C22H26ClN5O3.HI/c1-24-22(28(2)14-16-8-9-18(29-3)13-19(16)30-4)25-11-10-20-26-21(27-31-20)15-6-5-7-17(23)12-15;/h5-9,12-13H,10-11,14H2,1-4H3,(H,24,25);1H. The van der Waals surface area contributed by atoms with Crippen molar-refractivity contribution < 1.29 is 14.0 Å². The van der Waals surface area contributed by atoms with E-state index in [0.29, 0.717) is 36.2 Å². The Bertz CT molecular complexity index is 1040. The molecule has 0 aliphatic heterocycles. The number of nitrogens with one attached hydrogen (secondary N) is 1. The largest absolute Gasteiger partial charge is 0.497 e. The second-order valence-electron chi connectivity index (χ2n) is 6.78. The van der Waals surface area contributed by atoms with Crippen LogP contribution in [0.1, 0.15) is 11.5 Å². The van der Waals surface area contributed by atoms with Gasteiger partial charge in [0.2, 0.25) is 11.7 Å². The first-order chi connectivity index (χ1) is 15.0. The summed E-state index contributed by atoms with van der Waals surface area (Å²) in [5.74, 6) is 3.32. The van der Waals surface area contributed by atoms with E-state index in [-0.39, 0.29) is 24.0 Å². The summed E-state index contributed by atoms with van der Waals surface area (Å²) in [6.45, 7) is 1.21. The molecule has 1 aromatic heterocycles. The van der Waals surface area contributed by atoms with E-state index in [9.17, 15) is 0 Å². The van der Waals surface area contributed by atoms with Gasteiger partial charge in [-0.2, -0.15) is 4.98 Å². The predicted molar refractivity (Wildman–Crippen MR) is 136 cm³/mol. The van der Waals surface area contributed by atoms with E-state index in [4.69, 9.17) is 25.6 Å². The first-order valence-corrected chi connectivity index (χ1v) is 10.1. The molecule has 0 bridgehead atoms. The average Bonchev–Trinajstić information content (AvgIpc) is 3.26. The molecule has 0 fully saturated rings. The van der Waals surface area contributed by atoms with E-state index >= 15 is 0 Å². The van der Waals surface area contributed by atoms with E-state index in [1.165, 1.54) is 0 Å². The lowest BCUT2D eigenvalue weighted by Crippen LogP contribution is -2.39. The smallest absolute Gasteiger partial charge is 0.228 e. The molecule has 3 rings (SSSR count). The monoisotopic (exact) mass is 571 g/mol. The molecule has 1 heterocycles. The lowest BCUT2D eigenvalue weighted by molar-refractivity contribution is 0.376. The van der Waals surface area contributed by atoms with Crippen LogP contribution < -0.4 is 14.8 Å². The highest BCUT2D eigenvalue weighted by molar-refractivity contribution is 14.0. The normalized spacial score (nSPS) is 11.0. The maximum atomic E-state index is 6.03. The minimum absolute atomic E-state index is 0. The number of ether oxygens (including phenoxy) is 2. The molecule has 10 heteroatoms. The van der Waals surface area contributed by atoms with E-state index in [0.717, 1.165) is 28.6 Å². The van der Waals surface area contributed by atoms with Crippen LogP contribution in [0.25, 0.3) is 11.4 Å². The van der Waals surface area contributed by atoms with Gasteiger partial charge in [0.1, 0.15) is 11.5 Å². The molecule has 0 amide bonds. The van der Waals surface area contributed by atoms with Gasteiger partial charge in [-0.25, -0.2) is 0 Å². The number of aliphatic imine (C=N–C) groups is 1. The molecule has 0 aliphatic carbocycles. The van der Waals surface area contributed by atoms with Crippen LogP contribution in [0.2, 0.25) is 5.02 Å². The summed E-state index contributed by atoms with van der Waals surface area (Å²) < 4.78 is 16.1. The summed E-state index contributed by atoms with van der Waals surface area (Å²) in [5, 5.41) is 7.98. The first kappa shape index (κ1) is 25.7. The summed E-state index contributed by atoms with van der Waals surface area (Å²) in [5.41, 5.74) is 1.84. The third kappa shape index (κ3) is 6.73.